The molecular formula is C82H65BF12IrNO4P-2. The van der Waals surface area contributed by atoms with Gasteiger partial charge in [-0.15, -0.1) is 4.52 Å². The SMILES string of the molecule is Cc1cc(C)cc([B-](c2cc(C)cc(C(F)(F)F)c2)(c2cc(C)cc(C(F)(F)F)c2)c2cc(C(F)(F)F)cc(C(F)(F)F)c2)c1.[C-]1=CCC[C-]=CCC1.[Ir].c1ccc(C2=N[C@H](C(O[PH+]3Oc4ccc5ccccc5c4-c4c(ccc5ccccc45)O3)(c3ccccc3)c3ccccc3)CO2)cc1. The zero-order chi connectivity index (χ0) is 71.5. The summed E-state index contributed by atoms with van der Waals surface area (Å²) in [6, 6.07) is 65.0. The molecule has 1 aliphatic carbocycles. The number of fused-ring (bicyclic) bond motifs is 7. The fourth-order valence-electron chi connectivity index (χ4n) is 13.8. The average Bonchev–Trinajstić information content (AvgIpc) is 0.822. The van der Waals surface area contributed by atoms with Gasteiger partial charge in [-0.25, -0.2) is 4.99 Å². The maximum atomic E-state index is 14.2. The summed E-state index contributed by atoms with van der Waals surface area (Å²) in [5, 5.41) is 4.45. The molecule has 3 aliphatic rings. The summed E-state index contributed by atoms with van der Waals surface area (Å²) in [6.45, 7) is 5.89. The quantitative estimate of drug-likeness (QED) is 0.0593. The van der Waals surface area contributed by atoms with E-state index in [0.717, 1.165) is 111 Å². The third-order valence-corrected chi connectivity index (χ3v) is 19.3. The van der Waals surface area contributed by atoms with Crippen LogP contribution in [0.3, 0.4) is 0 Å². The van der Waals surface area contributed by atoms with Gasteiger partial charge in [0.2, 0.25) is 5.90 Å². The van der Waals surface area contributed by atoms with Crippen molar-refractivity contribution in [3.05, 3.63) is 322 Å². The van der Waals surface area contributed by atoms with Gasteiger partial charge in [-0.3, -0.25) is 21.2 Å². The molecule has 2 heterocycles. The van der Waals surface area contributed by atoms with Crippen LogP contribution in [-0.4, -0.2) is 24.7 Å². The molecular weight excluding hydrogens is 1520 g/mol. The number of halogens is 12. The summed E-state index contributed by atoms with van der Waals surface area (Å²) in [7, 11) is -2.54. The molecule has 20 heteroatoms. The van der Waals surface area contributed by atoms with Gasteiger partial charge in [-0.1, -0.05) is 229 Å². The minimum Gasteiger partial charge on any atom is -0.500 e. The van der Waals surface area contributed by atoms with Gasteiger partial charge in [0.15, 0.2) is 17.1 Å². The topological polar surface area (TPSA) is 49.3 Å². The number of rotatable bonds is 10. The Bertz CT molecular complexity index is 4640. The first-order valence-electron chi connectivity index (χ1n) is 32.6. The molecule has 5 nitrogen and oxygen atoms in total. The number of alkyl halides is 12. The van der Waals surface area contributed by atoms with Gasteiger partial charge in [-0.05, 0) is 103 Å². The Morgan fingerprint density at radius 1 is 0.412 bits per heavy atom. The van der Waals surface area contributed by atoms with Crippen molar-refractivity contribution < 1.29 is 91.1 Å². The van der Waals surface area contributed by atoms with Gasteiger partial charge < -0.3 is 16.9 Å². The van der Waals surface area contributed by atoms with Crippen molar-refractivity contribution in [2.24, 2.45) is 4.99 Å². The predicted molar refractivity (Wildman–Crippen MR) is 377 cm³/mol. The molecule has 11 aromatic carbocycles. The molecule has 0 aromatic heterocycles. The van der Waals surface area contributed by atoms with Crippen molar-refractivity contribution in [3.63, 3.8) is 0 Å². The van der Waals surface area contributed by atoms with Crippen molar-refractivity contribution >= 4 is 64.0 Å². The summed E-state index contributed by atoms with van der Waals surface area (Å²) in [4.78, 5) is 5.22. The standard InChI is InChI=1S/C42H31NO4P.C32H24BF12.C8H10.Ir/c1-4-16-31(17-5-1)41-43-38(28-44-41)42(32-18-6-2-7-19-32,33-20-8-3-9-21-33)47-48-45-36-26-24-29-14-10-12-22-34(29)39(36)40-35-23-13-11-15-30(35)25-27-37(40)46-48;1-17-5-18(2)9-25(8-17)33(26-10-19(3)6-21(13-26)29(34,35)36,27-11-20(4)7-22(14-27)30(37,38)39)28-15-23(31(40,41)42)12-24(16-28)32(43,44)45;1-2-4-6-8-7-5-3-1;/h1-27,38,48H,28H2;5-16H,1-4H3;1,8H,2,4-5,7H2;/q+1;-1;-2;/t38-;;;/m0.../s1. The molecule has 1 atom stereocenters. The van der Waals surface area contributed by atoms with Gasteiger partial charge in [0.1, 0.15) is 18.8 Å². The first-order chi connectivity index (χ1) is 48.2. The normalized spacial score (nSPS) is 14.9. The largest absolute Gasteiger partial charge is 0.500 e. The molecule has 11 aromatic rings. The third kappa shape index (κ3) is 15.9. The van der Waals surface area contributed by atoms with Crippen LogP contribution >= 0.6 is 8.60 Å². The number of nitrogens with zero attached hydrogens (tertiary/aromatic N) is 1. The van der Waals surface area contributed by atoms with Crippen LogP contribution < -0.4 is 30.9 Å². The molecule has 0 amide bonds. The van der Waals surface area contributed by atoms with E-state index in [9.17, 15) is 52.7 Å². The Morgan fingerprint density at radius 2 is 0.775 bits per heavy atom. The number of ether oxygens (including phenoxy) is 1. The summed E-state index contributed by atoms with van der Waals surface area (Å²) in [5.41, 5.74) is -3.34. The Labute approximate surface area is 597 Å². The molecule has 102 heavy (non-hydrogen) atoms. The molecule has 0 saturated heterocycles. The molecule has 525 valence electrons. The first-order valence-corrected chi connectivity index (χ1v) is 33.8. The number of hydrogen-bond donors (Lipinski definition) is 0. The minimum absolute atomic E-state index is 0. The van der Waals surface area contributed by atoms with E-state index in [4.69, 9.17) is 23.3 Å². The fraction of sp³-hybridized carbons (Fsp3) is 0.183. The maximum absolute atomic E-state index is 14.2. The summed E-state index contributed by atoms with van der Waals surface area (Å²) < 4.78 is 198. The maximum Gasteiger partial charge on any atom is 0.486 e. The Balaban J connectivity index is 0.000000183. The van der Waals surface area contributed by atoms with Gasteiger partial charge >= 0.3 is 33.3 Å². The van der Waals surface area contributed by atoms with E-state index in [1.807, 2.05) is 78.9 Å². The molecule has 14 rings (SSSR count). The van der Waals surface area contributed by atoms with Crippen molar-refractivity contribution in [2.75, 3.05) is 6.61 Å². The van der Waals surface area contributed by atoms with Crippen molar-refractivity contribution in [3.8, 4) is 22.6 Å². The fourth-order valence-corrected chi connectivity index (χ4v) is 15.3. The van der Waals surface area contributed by atoms with Crippen LogP contribution in [0.15, 0.2) is 254 Å². The van der Waals surface area contributed by atoms with Crippen molar-refractivity contribution in [1.82, 2.24) is 0 Å². The third-order valence-electron chi connectivity index (χ3n) is 18.1. The number of allylic oxidation sites excluding steroid dienone is 4. The van der Waals surface area contributed by atoms with E-state index in [0.29, 0.717) is 47.9 Å². The first kappa shape index (κ1) is 74.0. The van der Waals surface area contributed by atoms with E-state index in [-0.39, 0.29) is 42.8 Å². The number of aryl methyl sites for hydroxylation is 4. The Hall–Kier alpha value is -9.25. The summed E-state index contributed by atoms with van der Waals surface area (Å²) >= 11 is 0. The molecule has 0 bridgehead atoms. The van der Waals surface area contributed by atoms with E-state index in [1.165, 1.54) is 26.0 Å². The number of hydrogen-bond acceptors (Lipinski definition) is 5. The van der Waals surface area contributed by atoms with Gasteiger partial charge in [0.25, 0.3) is 0 Å². The second kappa shape index (κ2) is 30.4. The van der Waals surface area contributed by atoms with E-state index in [2.05, 4.69) is 109 Å². The molecule has 0 N–H and O–H groups in total. The van der Waals surface area contributed by atoms with E-state index < -0.39 is 89.7 Å². The van der Waals surface area contributed by atoms with Crippen LogP contribution in [-0.2, 0) is 59.7 Å². The Morgan fingerprint density at radius 3 is 1.20 bits per heavy atom. The van der Waals surface area contributed by atoms with E-state index in [1.54, 1.807) is 19.9 Å². The Kier molecular flexibility index (Phi) is 22.0. The number of benzene rings is 11. The van der Waals surface area contributed by atoms with Crippen LogP contribution in [0.2, 0.25) is 0 Å². The van der Waals surface area contributed by atoms with Gasteiger partial charge in [0, 0.05) is 36.8 Å². The zero-order valence-corrected chi connectivity index (χ0v) is 58.7. The van der Waals surface area contributed by atoms with Gasteiger partial charge in [-0.2, -0.15) is 87.4 Å². The van der Waals surface area contributed by atoms with Crippen LogP contribution in [0, 0.1) is 39.8 Å². The van der Waals surface area contributed by atoms with Crippen LogP contribution in [0.4, 0.5) is 52.7 Å². The van der Waals surface area contributed by atoms with Crippen LogP contribution in [0.1, 0.15) is 86.9 Å². The van der Waals surface area contributed by atoms with Crippen LogP contribution in [0.5, 0.6) is 11.5 Å². The molecule has 0 fully saturated rings. The molecule has 2 aliphatic heterocycles. The van der Waals surface area contributed by atoms with Crippen molar-refractivity contribution in [2.45, 2.75) is 89.7 Å². The average molecular weight is 1590 g/mol. The van der Waals surface area contributed by atoms with Crippen molar-refractivity contribution in [1.29, 1.82) is 0 Å². The second-order valence-electron chi connectivity index (χ2n) is 25.3. The van der Waals surface area contributed by atoms with Gasteiger partial charge in [0.05, 0.1) is 22.3 Å². The van der Waals surface area contributed by atoms with Crippen LogP contribution in [0.25, 0.3) is 32.7 Å². The minimum atomic E-state index is -5.35. The number of aliphatic imine (C=N–C) groups is 1. The molecule has 1 radical (unpaired) electrons. The molecule has 0 saturated carbocycles. The predicted octanol–water partition coefficient (Wildman–Crippen LogP) is 20.8. The zero-order valence-electron chi connectivity index (χ0n) is 55.3. The summed E-state index contributed by atoms with van der Waals surface area (Å²) in [6.07, 6.45) is -9.32. The monoisotopic (exact) mass is 1590 g/mol. The summed E-state index contributed by atoms with van der Waals surface area (Å²) in [5.74, 6) is 2.04. The van der Waals surface area contributed by atoms with E-state index >= 15 is 0 Å². The smallest absolute Gasteiger partial charge is 0.486 e. The second-order valence-corrected chi connectivity index (χ2v) is 26.4. The molecule has 0 spiro atoms. The molecule has 0 unspecified atom stereocenters.